The van der Waals surface area contributed by atoms with Gasteiger partial charge in [0.25, 0.3) is 11.8 Å². The largest absolute Gasteiger partial charge is 0.478 e. The van der Waals surface area contributed by atoms with E-state index in [4.69, 9.17) is 4.74 Å². The Labute approximate surface area is 188 Å². The molecule has 9 heteroatoms. The molecule has 0 spiro atoms. The second kappa shape index (κ2) is 7.74. The molecule has 0 unspecified atom stereocenters. The normalized spacial score (nSPS) is 15.7. The van der Waals surface area contributed by atoms with Crippen LogP contribution in [-0.4, -0.2) is 34.7 Å². The number of rotatable bonds is 3. The summed E-state index contributed by atoms with van der Waals surface area (Å²) in [4.78, 5) is 28.5. The van der Waals surface area contributed by atoms with Crippen LogP contribution in [0.4, 0.5) is 10.1 Å². The minimum atomic E-state index is -0.525. The van der Waals surface area contributed by atoms with E-state index >= 15 is 4.39 Å². The molecule has 0 fully saturated rings. The highest BCUT2D eigenvalue weighted by Crippen LogP contribution is 2.42. The van der Waals surface area contributed by atoms with Crippen LogP contribution in [0.2, 0.25) is 0 Å². The van der Waals surface area contributed by atoms with Gasteiger partial charge in [0.15, 0.2) is 18.2 Å². The fourth-order valence-corrected chi connectivity index (χ4v) is 5.47. The van der Waals surface area contributed by atoms with Crippen LogP contribution in [0.1, 0.15) is 38.6 Å². The Balaban J connectivity index is 1.58. The predicted octanol–water partition coefficient (Wildman–Crippen LogP) is 3.51. The van der Waals surface area contributed by atoms with Gasteiger partial charge in [-0.25, -0.2) is 4.39 Å². The Morgan fingerprint density at radius 2 is 2.06 bits per heavy atom. The number of amides is 2. The van der Waals surface area contributed by atoms with Gasteiger partial charge in [0, 0.05) is 34.6 Å². The van der Waals surface area contributed by atoms with Gasteiger partial charge >= 0.3 is 0 Å². The van der Waals surface area contributed by atoms with Gasteiger partial charge in [-0.2, -0.15) is 5.10 Å². The molecule has 1 N–H and O–H groups in total. The van der Waals surface area contributed by atoms with Crippen molar-refractivity contribution in [2.45, 2.75) is 33.2 Å². The van der Waals surface area contributed by atoms with Gasteiger partial charge in [0.2, 0.25) is 0 Å². The summed E-state index contributed by atoms with van der Waals surface area (Å²) in [5, 5.41) is 7.32. The van der Waals surface area contributed by atoms with Gasteiger partial charge in [0.1, 0.15) is 0 Å². The molecule has 32 heavy (non-hydrogen) atoms. The van der Waals surface area contributed by atoms with Gasteiger partial charge in [0.05, 0.1) is 23.5 Å². The zero-order chi connectivity index (χ0) is 22.6. The number of anilines is 1. The lowest BCUT2D eigenvalue weighted by Crippen LogP contribution is -2.38. The smallest absolute Gasteiger partial charge is 0.265 e. The summed E-state index contributed by atoms with van der Waals surface area (Å²) in [5.74, 6) is -0.787. The van der Waals surface area contributed by atoms with E-state index in [0.29, 0.717) is 23.4 Å². The van der Waals surface area contributed by atoms with E-state index in [2.05, 4.69) is 10.4 Å². The van der Waals surface area contributed by atoms with Gasteiger partial charge in [-0.15, -0.1) is 11.3 Å². The fraction of sp³-hybridized carbons (Fsp3) is 0.348. The number of hydrogen-bond acceptors (Lipinski definition) is 5. The number of halogens is 1. The molecule has 4 heterocycles. The van der Waals surface area contributed by atoms with Crippen molar-refractivity contribution in [1.82, 2.24) is 15.1 Å². The van der Waals surface area contributed by atoms with Crippen molar-refractivity contribution < 1.29 is 18.7 Å². The molecule has 2 aromatic heterocycles. The predicted molar refractivity (Wildman–Crippen MR) is 120 cm³/mol. The number of thiophene rings is 1. The van der Waals surface area contributed by atoms with Crippen LogP contribution in [0.25, 0.3) is 10.4 Å². The Morgan fingerprint density at radius 1 is 1.25 bits per heavy atom. The Morgan fingerprint density at radius 3 is 2.81 bits per heavy atom. The van der Waals surface area contributed by atoms with Crippen molar-refractivity contribution in [3.63, 3.8) is 0 Å². The van der Waals surface area contributed by atoms with Gasteiger partial charge < -0.3 is 15.0 Å². The van der Waals surface area contributed by atoms with E-state index in [-0.39, 0.29) is 30.7 Å². The van der Waals surface area contributed by atoms with Crippen molar-refractivity contribution in [3.8, 4) is 16.2 Å². The first-order chi connectivity index (χ1) is 15.3. The number of aryl methyl sites for hydroxylation is 3. The highest BCUT2D eigenvalue weighted by molar-refractivity contribution is 7.15. The molecular weight excluding hydrogens is 431 g/mol. The number of hydrogen-bond donors (Lipinski definition) is 1. The van der Waals surface area contributed by atoms with Gasteiger partial charge in [-0.1, -0.05) is 0 Å². The van der Waals surface area contributed by atoms with Crippen LogP contribution in [-0.2, 0) is 24.8 Å². The molecule has 0 atom stereocenters. The van der Waals surface area contributed by atoms with Crippen molar-refractivity contribution in [3.05, 3.63) is 51.4 Å². The number of aromatic nitrogens is 2. The molecular formula is C23H23FN4O3S. The molecule has 2 amide bonds. The molecule has 7 nitrogen and oxygen atoms in total. The minimum Gasteiger partial charge on any atom is -0.478 e. The summed E-state index contributed by atoms with van der Waals surface area (Å²) in [6, 6.07) is 5.00. The van der Waals surface area contributed by atoms with Crippen LogP contribution in [0, 0.1) is 19.7 Å². The third kappa shape index (κ3) is 3.37. The lowest BCUT2D eigenvalue weighted by atomic mass is 10.1. The number of carbonyl (C=O) groups excluding carboxylic acids is 2. The molecule has 0 aliphatic carbocycles. The second-order valence-electron chi connectivity index (χ2n) is 8.15. The molecule has 5 rings (SSSR count). The average molecular weight is 455 g/mol. The van der Waals surface area contributed by atoms with Crippen molar-refractivity contribution in [2.75, 3.05) is 18.1 Å². The molecule has 0 bridgehead atoms. The molecule has 1 aromatic carbocycles. The number of carbonyl (C=O) groups is 2. The number of nitrogens with one attached hydrogen (secondary N) is 1. The summed E-state index contributed by atoms with van der Waals surface area (Å²) >= 11 is 1.49. The van der Waals surface area contributed by atoms with E-state index in [9.17, 15) is 9.59 Å². The summed E-state index contributed by atoms with van der Waals surface area (Å²) in [7, 11) is 1.86. The van der Waals surface area contributed by atoms with Crippen LogP contribution in [0.15, 0.2) is 18.2 Å². The Bertz CT molecular complexity index is 1260. The third-order valence-corrected chi connectivity index (χ3v) is 7.38. The van der Waals surface area contributed by atoms with Crippen LogP contribution >= 0.6 is 11.3 Å². The number of fused-ring (bicyclic) bond motifs is 2. The zero-order valence-electron chi connectivity index (χ0n) is 18.1. The molecule has 2 aliphatic heterocycles. The van der Waals surface area contributed by atoms with Crippen LogP contribution < -0.4 is 15.0 Å². The Hall–Kier alpha value is -3.20. The maximum Gasteiger partial charge on any atom is 0.265 e. The standard InChI is InChI=1S/C23H23FN4O3S/c1-12-16(13(2)27(3)26-12)10-28-18-8-14(7-17(24)22(18)31-11-21(28)29)20-9-15-19(32-20)5-4-6-25-23(15)30/h7-9H,4-6,10-11H2,1-3H3,(H,25,30). The SMILES string of the molecule is Cc1nn(C)c(C)c1CN1C(=O)COc2c(F)cc(-c3cc4c(s3)CCCNC4=O)cc21. The van der Waals surface area contributed by atoms with Crippen LogP contribution in [0.5, 0.6) is 5.75 Å². The molecule has 2 aliphatic rings. The first-order valence-electron chi connectivity index (χ1n) is 10.5. The van der Waals surface area contributed by atoms with Crippen molar-refractivity contribution in [1.29, 1.82) is 0 Å². The number of nitrogens with zero attached hydrogens (tertiary/aromatic N) is 3. The van der Waals surface area contributed by atoms with E-state index in [0.717, 1.165) is 39.5 Å². The van der Waals surface area contributed by atoms with E-state index in [1.807, 2.05) is 27.0 Å². The highest BCUT2D eigenvalue weighted by Gasteiger charge is 2.31. The van der Waals surface area contributed by atoms with E-state index < -0.39 is 5.82 Å². The molecule has 0 saturated heterocycles. The Kier molecular flexibility index (Phi) is 5.00. The summed E-state index contributed by atoms with van der Waals surface area (Å²) < 4.78 is 22.3. The first-order valence-corrected chi connectivity index (χ1v) is 11.3. The van der Waals surface area contributed by atoms with Crippen molar-refractivity contribution >= 4 is 28.8 Å². The quantitative estimate of drug-likeness (QED) is 0.657. The van der Waals surface area contributed by atoms with Crippen molar-refractivity contribution in [2.24, 2.45) is 7.05 Å². The minimum absolute atomic E-state index is 0.0726. The molecule has 166 valence electrons. The molecule has 0 saturated carbocycles. The fourth-order valence-electron chi connectivity index (χ4n) is 4.28. The monoisotopic (exact) mass is 454 g/mol. The molecule has 0 radical (unpaired) electrons. The number of ether oxygens (including phenoxy) is 1. The van der Waals surface area contributed by atoms with Gasteiger partial charge in [-0.05, 0) is 50.5 Å². The zero-order valence-corrected chi connectivity index (χ0v) is 18.9. The van der Waals surface area contributed by atoms with E-state index in [1.165, 1.54) is 17.4 Å². The summed E-state index contributed by atoms with van der Waals surface area (Å²) in [5.41, 5.74) is 4.37. The average Bonchev–Trinajstić information content (AvgIpc) is 3.23. The highest BCUT2D eigenvalue weighted by atomic mass is 32.1. The summed E-state index contributed by atoms with van der Waals surface area (Å²) in [6.45, 7) is 4.57. The van der Waals surface area contributed by atoms with Gasteiger partial charge in [-0.3, -0.25) is 14.3 Å². The molecule has 3 aromatic rings. The lowest BCUT2D eigenvalue weighted by molar-refractivity contribution is -0.121. The maximum absolute atomic E-state index is 15.1. The van der Waals surface area contributed by atoms with Crippen LogP contribution in [0.3, 0.4) is 0 Å². The first kappa shape index (κ1) is 20.7. The third-order valence-electron chi connectivity index (χ3n) is 6.14. The maximum atomic E-state index is 15.1. The second-order valence-corrected chi connectivity index (χ2v) is 9.29. The topological polar surface area (TPSA) is 76.5 Å². The number of benzene rings is 1. The van der Waals surface area contributed by atoms with E-state index in [1.54, 1.807) is 15.6 Å². The summed E-state index contributed by atoms with van der Waals surface area (Å²) in [6.07, 6.45) is 1.68. The lowest BCUT2D eigenvalue weighted by Gasteiger charge is -2.30.